The van der Waals surface area contributed by atoms with Crippen LogP contribution in [0.25, 0.3) is 0 Å². The molecule has 2 aromatic rings. The molecule has 0 aliphatic rings. The first-order valence-corrected chi connectivity index (χ1v) is 6.19. The Balaban J connectivity index is 2.06. The van der Waals surface area contributed by atoms with Crippen LogP contribution in [0.2, 0.25) is 0 Å². The van der Waals surface area contributed by atoms with Gasteiger partial charge in [-0.05, 0) is 31.7 Å². The van der Waals surface area contributed by atoms with Crippen molar-refractivity contribution in [1.29, 1.82) is 0 Å². The molecule has 0 amide bonds. The Kier molecular flexibility index (Phi) is 4.31. The fraction of sp³-hybridized carbons (Fsp3) is 0.267. The van der Waals surface area contributed by atoms with Gasteiger partial charge in [-0.2, -0.15) is 0 Å². The first kappa shape index (κ1) is 12.6. The third kappa shape index (κ3) is 3.57. The van der Waals surface area contributed by atoms with E-state index in [0.717, 1.165) is 24.5 Å². The summed E-state index contributed by atoms with van der Waals surface area (Å²) < 4.78 is 5.72. The van der Waals surface area contributed by atoms with Crippen molar-refractivity contribution in [3.63, 3.8) is 0 Å². The van der Waals surface area contributed by atoms with Gasteiger partial charge in [-0.1, -0.05) is 30.7 Å². The molecule has 2 rings (SSSR count). The molecular weight excluding hydrogens is 224 g/mol. The normalized spacial score (nSPS) is 10.3. The van der Waals surface area contributed by atoms with Gasteiger partial charge in [0.1, 0.15) is 5.75 Å². The summed E-state index contributed by atoms with van der Waals surface area (Å²) in [5, 5.41) is 3.25. The lowest BCUT2D eigenvalue weighted by molar-refractivity contribution is 0.459. The molecule has 3 heteroatoms. The van der Waals surface area contributed by atoms with Gasteiger partial charge in [0, 0.05) is 12.6 Å². The number of benzene rings is 1. The maximum Gasteiger partial charge on any atom is 0.219 e. The third-order valence-electron chi connectivity index (χ3n) is 2.58. The van der Waals surface area contributed by atoms with E-state index in [0.29, 0.717) is 5.88 Å². The molecule has 0 saturated carbocycles. The number of nitrogens with one attached hydrogen (secondary N) is 1. The quantitative estimate of drug-likeness (QED) is 0.873. The van der Waals surface area contributed by atoms with Gasteiger partial charge in [-0.25, -0.2) is 4.98 Å². The maximum atomic E-state index is 5.72. The van der Waals surface area contributed by atoms with Crippen LogP contribution in [0, 0.1) is 6.92 Å². The van der Waals surface area contributed by atoms with E-state index in [1.54, 1.807) is 0 Å². The fourth-order valence-corrected chi connectivity index (χ4v) is 1.59. The standard InChI is InChI=1S/C15H18N2O/c1-3-16-11-13-5-4-6-15(17-13)18-14-9-7-12(2)8-10-14/h4-10,16H,3,11H2,1-2H3. The summed E-state index contributed by atoms with van der Waals surface area (Å²) in [6.07, 6.45) is 0. The van der Waals surface area contributed by atoms with Gasteiger partial charge in [-0.3, -0.25) is 0 Å². The number of pyridine rings is 1. The molecule has 0 aliphatic heterocycles. The van der Waals surface area contributed by atoms with Gasteiger partial charge in [0.25, 0.3) is 0 Å². The third-order valence-corrected chi connectivity index (χ3v) is 2.58. The molecule has 0 bridgehead atoms. The lowest BCUT2D eigenvalue weighted by atomic mass is 10.2. The van der Waals surface area contributed by atoms with Crippen LogP contribution in [0.4, 0.5) is 0 Å². The molecule has 0 radical (unpaired) electrons. The van der Waals surface area contributed by atoms with Crippen LogP contribution in [0.5, 0.6) is 11.6 Å². The van der Waals surface area contributed by atoms with Gasteiger partial charge in [0.15, 0.2) is 0 Å². The van der Waals surface area contributed by atoms with Gasteiger partial charge in [-0.15, -0.1) is 0 Å². The lowest BCUT2D eigenvalue weighted by Crippen LogP contribution is -2.12. The Hall–Kier alpha value is -1.87. The summed E-state index contributed by atoms with van der Waals surface area (Å²) in [5.74, 6) is 1.45. The summed E-state index contributed by atoms with van der Waals surface area (Å²) in [6.45, 7) is 5.83. The summed E-state index contributed by atoms with van der Waals surface area (Å²) in [6, 6.07) is 13.8. The summed E-state index contributed by atoms with van der Waals surface area (Å²) in [7, 11) is 0. The number of rotatable bonds is 5. The highest BCUT2D eigenvalue weighted by atomic mass is 16.5. The summed E-state index contributed by atoms with van der Waals surface area (Å²) >= 11 is 0. The summed E-state index contributed by atoms with van der Waals surface area (Å²) in [4.78, 5) is 4.44. The van der Waals surface area contributed by atoms with Gasteiger partial charge in [0.2, 0.25) is 5.88 Å². The zero-order chi connectivity index (χ0) is 12.8. The Morgan fingerprint density at radius 3 is 2.61 bits per heavy atom. The van der Waals surface area contributed by atoms with Crippen LogP contribution in [-0.4, -0.2) is 11.5 Å². The number of nitrogens with zero attached hydrogens (tertiary/aromatic N) is 1. The van der Waals surface area contributed by atoms with Crippen LogP contribution in [0.15, 0.2) is 42.5 Å². The molecule has 1 aromatic carbocycles. The van der Waals surface area contributed by atoms with E-state index in [1.165, 1.54) is 5.56 Å². The molecule has 1 heterocycles. The predicted octanol–water partition coefficient (Wildman–Crippen LogP) is 3.29. The van der Waals surface area contributed by atoms with Crippen molar-refractivity contribution in [2.24, 2.45) is 0 Å². The van der Waals surface area contributed by atoms with Gasteiger partial charge in [0.05, 0.1) is 5.69 Å². The van der Waals surface area contributed by atoms with E-state index >= 15 is 0 Å². The molecule has 94 valence electrons. The van der Waals surface area contributed by atoms with Crippen molar-refractivity contribution < 1.29 is 4.74 Å². The predicted molar refractivity (Wildman–Crippen MR) is 72.9 cm³/mol. The van der Waals surface area contributed by atoms with Crippen molar-refractivity contribution in [1.82, 2.24) is 10.3 Å². The molecule has 3 nitrogen and oxygen atoms in total. The Morgan fingerprint density at radius 1 is 1.11 bits per heavy atom. The Bertz CT molecular complexity index is 494. The minimum Gasteiger partial charge on any atom is -0.439 e. The van der Waals surface area contributed by atoms with Crippen LogP contribution < -0.4 is 10.1 Å². The molecule has 1 N–H and O–H groups in total. The highest BCUT2D eigenvalue weighted by molar-refractivity contribution is 5.30. The van der Waals surface area contributed by atoms with E-state index in [9.17, 15) is 0 Å². The van der Waals surface area contributed by atoms with Gasteiger partial charge < -0.3 is 10.1 Å². The SMILES string of the molecule is CCNCc1cccc(Oc2ccc(C)cc2)n1. The molecule has 0 spiro atoms. The van der Waals surface area contributed by atoms with Crippen LogP contribution >= 0.6 is 0 Å². The number of hydrogen-bond donors (Lipinski definition) is 1. The topological polar surface area (TPSA) is 34.1 Å². The minimum atomic E-state index is 0.634. The van der Waals surface area contributed by atoms with E-state index in [4.69, 9.17) is 4.74 Å². The van der Waals surface area contributed by atoms with Crippen molar-refractivity contribution in [2.75, 3.05) is 6.54 Å². The smallest absolute Gasteiger partial charge is 0.219 e. The zero-order valence-corrected chi connectivity index (χ0v) is 10.8. The molecular formula is C15H18N2O. The van der Waals surface area contributed by atoms with Crippen molar-refractivity contribution in [3.8, 4) is 11.6 Å². The maximum absolute atomic E-state index is 5.72. The first-order valence-electron chi connectivity index (χ1n) is 6.19. The van der Waals surface area contributed by atoms with Crippen molar-refractivity contribution in [3.05, 3.63) is 53.7 Å². The Morgan fingerprint density at radius 2 is 1.89 bits per heavy atom. The lowest BCUT2D eigenvalue weighted by Gasteiger charge is -2.07. The number of aryl methyl sites for hydroxylation is 1. The van der Waals surface area contributed by atoms with E-state index in [-0.39, 0.29) is 0 Å². The molecule has 0 fully saturated rings. The average Bonchev–Trinajstić information content (AvgIpc) is 2.40. The molecule has 18 heavy (non-hydrogen) atoms. The van der Waals surface area contributed by atoms with Crippen molar-refractivity contribution >= 4 is 0 Å². The minimum absolute atomic E-state index is 0.634. The highest BCUT2D eigenvalue weighted by Gasteiger charge is 2.00. The van der Waals surface area contributed by atoms with E-state index < -0.39 is 0 Å². The molecule has 0 saturated heterocycles. The second kappa shape index (κ2) is 6.17. The number of ether oxygens (including phenoxy) is 1. The monoisotopic (exact) mass is 242 g/mol. The van der Waals surface area contributed by atoms with Crippen LogP contribution in [-0.2, 0) is 6.54 Å². The number of hydrogen-bond acceptors (Lipinski definition) is 3. The van der Waals surface area contributed by atoms with Crippen LogP contribution in [0.1, 0.15) is 18.2 Å². The summed E-state index contributed by atoms with van der Waals surface area (Å²) in [5.41, 5.74) is 2.21. The van der Waals surface area contributed by atoms with Gasteiger partial charge >= 0.3 is 0 Å². The zero-order valence-electron chi connectivity index (χ0n) is 10.8. The Labute approximate surface area is 108 Å². The van der Waals surface area contributed by atoms with Crippen LogP contribution in [0.3, 0.4) is 0 Å². The fourth-order valence-electron chi connectivity index (χ4n) is 1.59. The highest BCUT2D eigenvalue weighted by Crippen LogP contribution is 2.19. The second-order valence-electron chi connectivity index (χ2n) is 4.16. The number of aromatic nitrogens is 1. The molecule has 0 aliphatic carbocycles. The molecule has 0 atom stereocenters. The molecule has 1 aromatic heterocycles. The molecule has 0 unspecified atom stereocenters. The van der Waals surface area contributed by atoms with Crippen molar-refractivity contribution in [2.45, 2.75) is 20.4 Å². The van der Waals surface area contributed by atoms with E-state index in [2.05, 4.69) is 24.1 Å². The average molecular weight is 242 g/mol. The largest absolute Gasteiger partial charge is 0.439 e. The van der Waals surface area contributed by atoms with E-state index in [1.807, 2.05) is 42.5 Å². The first-order chi connectivity index (χ1) is 8.78. The second-order valence-corrected chi connectivity index (χ2v) is 4.16.